The van der Waals surface area contributed by atoms with Crippen LogP contribution in [0.4, 0.5) is 17.1 Å². The first-order valence-electron chi connectivity index (χ1n) is 10.4. The van der Waals surface area contributed by atoms with Gasteiger partial charge in [0.1, 0.15) is 6.07 Å². The van der Waals surface area contributed by atoms with Gasteiger partial charge >= 0.3 is 0 Å². The highest BCUT2D eigenvalue weighted by molar-refractivity contribution is 6.17. The molecule has 3 aromatic rings. The topological polar surface area (TPSA) is 104 Å². The Balaban J connectivity index is 1.58. The van der Waals surface area contributed by atoms with Gasteiger partial charge in [-0.3, -0.25) is 9.79 Å². The Morgan fingerprint density at radius 1 is 1.12 bits per heavy atom. The van der Waals surface area contributed by atoms with Gasteiger partial charge in [-0.1, -0.05) is 23.4 Å². The molecule has 0 radical (unpaired) electrons. The number of aromatic nitrogens is 1. The zero-order valence-electron chi connectivity index (χ0n) is 17.6. The van der Waals surface area contributed by atoms with Crippen molar-refractivity contribution >= 4 is 28.7 Å². The Labute approximate surface area is 185 Å². The van der Waals surface area contributed by atoms with Crippen LogP contribution in [0.25, 0.3) is 11.3 Å². The highest BCUT2D eigenvalue weighted by atomic mass is 16.5. The molecule has 0 unspecified atom stereocenters. The molecular weight excluding hydrogens is 406 g/mol. The van der Waals surface area contributed by atoms with E-state index in [4.69, 9.17) is 14.3 Å². The fourth-order valence-corrected chi connectivity index (χ4v) is 3.97. The second-order valence-corrected chi connectivity index (χ2v) is 7.79. The van der Waals surface area contributed by atoms with Crippen LogP contribution in [-0.2, 0) is 9.53 Å². The van der Waals surface area contributed by atoms with Gasteiger partial charge in [0, 0.05) is 24.7 Å². The molecule has 0 saturated carbocycles. The highest BCUT2D eigenvalue weighted by Crippen LogP contribution is 2.36. The molecule has 1 aromatic heterocycles. The number of morpholine rings is 1. The van der Waals surface area contributed by atoms with E-state index in [2.05, 4.69) is 21.4 Å². The number of aryl methyl sites for hydroxylation is 1. The maximum atomic E-state index is 12.6. The Hall–Kier alpha value is -3.96. The molecule has 32 heavy (non-hydrogen) atoms. The minimum atomic E-state index is -0.175. The highest BCUT2D eigenvalue weighted by Gasteiger charge is 2.22. The molecule has 1 N–H and O–H groups in total. The van der Waals surface area contributed by atoms with Crippen molar-refractivity contribution in [1.29, 1.82) is 5.26 Å². The number of rotatable bonds is 3. The molecule has 1 fully saturated rings. The molecule has 8 heteroatoms. The van der Waals surface area contributed by atoms with Crippen LogP contribution in [-0.4, -0.2) is 43.1 Å². The predicted octanol–water partition coefficient (Wildman–Crippen LogP) is 3.82. The Morgan fingerprint density at radius 3 is 2.69 bits per heavy atom. The first kappa shape index (κ1) is 20.0. The van der Waals surface area contributed by atoms with E-state index in [1.54, 1.807) is 6.07 Å². The van der Waals surface area contributed by atoms with Gasteiger partial charge < -0.3 is 19.5 Å². The van der Waals surface area contributed by atoms with E-state index in [1.165, 1.54) is 0 Å². The number of fused-ring (bicyclic) bond motifs is 1. The molecule has 2 aromatic carbocycles. The largest absolute Gasteiger partial charge is 0.378 e. The lowest BCUT2D eigenvalue weighted by Crippen LogP contribution is -2.36. The van der Waals surface area contributed by atoms with Gasteiger partial charge in [0.15, 0.2) is 5.76 Å². The quantitative estimate of drug-likeness (QED) is 0.681. The number of benzene rings is 2. The number of nitrogens with one attached hydrogen (secondary N) is 1. The summed E-state index contributed by atoms with van der Waals surface area (Å²) in [4.78, 5) is 19.6. The number of carbonyl (C=O) groups is 1. The summed E-state index contributed by atoms with van der Waals surface area (Å²) in [6.45, 7) is 4.50. The first-order chi connectivity index (χ1) is 15.6. The maximum Gasteiger partial charge on any atom is 0.230 e. The summed E-state index contributed by atoms with van der Waals surface area (Å²) in [7, 11) is 0. The average Bonchev–Trinajstić information content (AvgIpc) is 3.18. The van der Waals surface area contributed by atoms with Gasteiger partial charge in [0.25, 0.3) is 0 Å². The minimum absolute atomic E-state index is 0.127. The standard InChI is InChI=1S/C24H21N5O3/c1-15-9-23(32-28-15)17-4-2-3-16(10-17)19-13-24(30)27-20-11-18(14-25)22(12-21(20)26-19)29-5-7-31-8-6-29/h2-4,9-12H,5-8,13H2,1H3,(H,27,30). The molecule has 0 bridgehead atoms. The van der Waals surface area contributed by atoms with Crippen LogP contribution in [0.5, 0.6) is 0 Å². The van der Waals surface area contributed by atoms with E-state index in [1.807, 2.05) is 43.3 Å². The number of amides is 1. The molecule has 1 amide bonds. The van der Waals surface area contributed by atoms with Crippen LogP contribution in [0.3, 0.4) is 0 Å². The number of ether oxygens (including phenoxy) is 1. The van der Waals surface area contributed by atoms with E-state index in [0.717, 1.165) is 22.5 Å². The number of anilines is 2. The molecule has 5 rings (SSSR count). The average molecular weight is 427 g/mol. The lowest BCUT2D eigenvalue weighted by molar-refractivity contribution is -0.115. The third-order valence-electron chi connectivity index (χ3n) is 5.55. The van der Waals surface area contributed by atoms with Gasteiger partial charge in [-0.25, -0.2) is 0 Å². The maximum absolute atomic E-state index is 12.6. The minimum Gasteiger partial charge on any atom is -0.378 e. The molecule has 1 saturated heterocycles. The van der Waals surface area contributed by atoms with Crippen LogP contribution >= 0.6 is 0 Å². The SMILES string of the molecule is Cc1cc(-c2cccc(C3=Nc4cc(N5CCOCC5)c(C#N)cc4NC(=O)C3)c2)on1. The summed E-state index contributed by atoms with van der Waals surface area (Å²) in [6.07, 6.45) is 0.127. The van der Waals surface area contributed by atoms with Crippen molar-refractivity contribution in [3.63, 3.8) is 0 Å². The van der Waals surface area contributed by atoms with Crippen LogP contribution in [0.1, 0.15) is 23.2 Å². The van der Waals surface area contributed by atoms with Crippen molar-refractivity contribution in [1.82, 2.24) is 5.16 Å². The Bertz CT molecular complexity index is 1260. The van der Waals surface area contributed by atoms with Crippen molar-refractivity contribution < 1.29 is 14.1 Å². The number of nitriles is 1. The second kappa shape index (κ2) is 8.29. The third-order valence-corrected chi connectivity index (χ3v) is 5.55. The molecular formula is C24H21N5O3. The number of nitrogens with zero attached hydrogens (tertiary/aromatic N) is 4. The van der Waals surface area contributed by atoms with E-state index in [9.17, 15) is 10.1 Å². The summed E-state index contributed by atoms with van der Waals surface area (Å²) in [5, 5.41) is 16.5. The van der Waals surface area contributed by atoms with Gasteiger partial charge in [-0.2, -0.15) is 5.26 Å². The van der Waals surface area contributed by atoms with Gasteiger partial charge in [-0.05, 0) is 30.7 Å². The Morgan fingerprint density at radius 2 is 1.94 bits per heavy atom. The van der Waals surface area contributed by atoms with Crippen molar-refractivity contribution in [2.45, 2.75) is 13.3 Å². The van der Waals surface area contributed by atoms with Crippen LogP contribution in [0.15, 0.2) is 52.0 Å². The monoisotopic (exact) mass is 427 g/mol. The predicted molar refractivity (Wildman–Crippen MR) is 120 cm³/mol. The first-order valence-corrected chi connectivity index (χ1v) is 10.4. The summed E-state index contributed by atoms with van der Waals surface area (Å²) in [5.41, 5.74) is 5.63. The molecule has 2 aliphatic rings. The summed E-state index contributed by atoms with van der Waals surface area (Å²) < 4.78 is 10.8. The molecule has 3 heterocycles. The van der Waals surface area contributed by atoms with Crippen LogP contribution < -0.4 is 10.2 Å². The van der Waals surface area contributed by atoms with E-state index in [-0.39, 0.29) is 12.3 Å². The second-order valence-electron chi connectivity index (χ2n) is 7.79. The molecule has 160 valence electrons. The number of carbonyl (C=O) groups excluding carboxylic acids is 1. The lowest BCUT2D eigenvalue weighted by Gasteiger charge is -2.30. The zero-order valence-corrected chi connectivity index (χ0v) is 17.6. The summed E-state index contributed by atoms with van der Waals surface area (Å²) >= 11 is 0. The van der Waals surface area contributed by atoms with Crippen molar-refractivity contribution in [2.24, 2.45) is 4.99 Å². The summed E-state index contributed by atoms with van der Waals surface area (Å²) in [5.74, 6) is 0.489. The normalized spacial score (nSPS) is 15.9. The molecule has 2 aliphatic heterocycles. The van der Waals surface area contributed by atoms with Crippen LogP contribution in [0.2, 0.25) is 0 Å². The fraction of sp³-hybridized carbons (Fsp3) is 0.250. The third kappa shape index (κ3) is 3.86. The van der Waals surface area contributed by atoms with Gasteiger partial charge in [-0.15, -0.1) is 0 Å². The van der Waals surface area contributed by atoms with E-state index >= 15 is 0 Å². The fourth-order valence-electron chi connectivity index (χ4n) is 3.97. The van der Waals surface area contributed by atoms with Crippen molar-refractivity contribution in [3.05, 3.63) is 59.3 Å². The van der Waals surface area contributed by atoms with Crippen LogP contribution in [0, 0.1) is 18.3 Å². The van der Waals surface area contributed by atoms with E-state index in [0.29, 0.717) is 54.7 Å². The van der Waals surface area contributed by atoms with Crippen molar-refractivity contribution in [3.8, 4) is 17.4 Å². The smallest absolute Gasteiger partial charge is 0.230 e. The van der Waals surface area contributed by atoms with Crippen molar-refractivity contribution in [2.75, 3.05) is 36.5 Å². The van der Waals surface area contributed by atoms with Gasteiger partial charge in [0.05, 0.1) is 53.7 Å². The number of hydrogen-bond acceptors (Lipinski definition) is 7. The summed E-state index contributed by atoms with van der Waals surface area (Å²) in [6, 6.07) is 15.4. The molecule has 0 spiro atoms. The molecule has 0 aliphatic carbocycles. The number of hydrogen-bond donors (Lipinski definition) is 1. The van der Waals surface area contributed by atoms with E-state index < -0.39 is 0 Å². The molecule has 8 nitrogen and oxygen atoms in total. The lowest BCUT2D eigenvalue weighted by atomic mass is 10.0. The zero-order chi connectivity index (χ0) is 22.1. The number of aliphatic imine (C=N–C) groups is 1. The van der Waals surface area contributed by atoms with Gasteiger partial charge in [0.2, 0.25) is 5.91 Å². The molecule has 0 atom stereocenters. The Kier molecular flexibility index (Phi) is 5.17.